The van der Waals surface area contributed by atoms with Gasteiger partial charge in [-0.2, -0.15) is 0 Å². The Bertz CT molecular complexity index is 144. The second kappa shape index (κ2) is 7.90. The van der Waals surface area contributed by atoms with E-state index in [1.54, 1.807) is 0 Å². The van der Waals surface area contributed by atoms with Gasteiger partial charge in [-0.15, -0.1) is 0 Å². The third-order valence-electron chi connectivity index (χ3n) is 1.93. The number of oxime groups is 1. The second-order valence-corrected chi connectivity index (χ2v) is 3.43. The van der Waals surface area contributed by atoms with Crippen LogP contribution in [0.15, 0.2) is 5.16 Å². The van der Waals surface area contributed by atoms with Gasteiger partial charge < -0.3 is 9.74 Å². The fourth-order valence-corrected chi connectivity index (χ4v) is 0.814. The number of rotatable bonds is 6. The molecule has 0 aliphatic rings. The Morgan fingerprint density at radius 1 is 1.23 bits per heavy atom. The standard InChI is InChI=1S/C10H22N2O/c1-5-6-7-8-9-13-11-10(2)12(3)4/h5-9H2,1-4H3/b11-10-. The van der Waals surface area contributed by atoms with Gasteiger partial charge in [0, 0.05) is 14.1 Å². The summed E-state index contributed by atoms with van der Waals surface area (Å²) in [6.07, 6.45) is 4.91. The molecular weight excluding hydrogens is 164 g/mol. The van der Waals surface area contributed by atoms with Crippen LogP contribution in [0.4, 0.5) is 0 Å². The Hall–Kier alpha value is -0.730. The summed E-state index contributed by atoms with van der Waals surface area (Å²) >= 11 is 0. The van der Waals surface area contributed by atoms with E-state index in [-0.39, 0.29) is 0 Å². The predicted octanol–water partition coefficient (Wildman–Crippen LogP) is 2.48. The highest BCUT2D eigenvalue weighted by molar-refractivity contribution is 5.78. The summed E-state index contributed by atoms with van der Waals surface area (Å²) in [5.41, 5.74) is 0. The molecule has 0 aromatic carbocycles. The first kappa shape index (κ1) is 12.3. The molecule has 0 aliphatic heterocycles. The minimum absolute atomic E-state index is 0.741. The van der Waals surface area contributed by atoms with Crippen molar-refractivity contribution in [3.8, 4) is 0 Å². The quantitative estimate of drug-likeness (QED) is 0.275. The molecule has 0 rings (SSSR count). The van der Waals surface area contributed by atoms with Gasteiger partial charge in [-0.05, 0) is 19.8 Å². The lowest BCUT2D eigenvalue weighted by Gasteiger charge is -2.10. The summed E-state index contributed by atoms with van der Waals surface area (Å²) in [4.78, 5) is 7.09. The summed E-state index contributed by atoms with van der Waals surface area (Å²) in [5, 5.41) is 3.96. The Kier molecular flexibility index (Phi) is 7.45. The van der Waals surface area contributed by atoms with Crippen LogP contribution in [0.3, 0.4) is 0 Å². The molecule has 0 saturated heterocycles. The Balaban J connectivity index is 3.29. The average molecular weight is 186 g/mol. The lowest BCUT2D eigenvalue weighted by Crippen LogP contribution is -2.18. The molecule has 0 bridgehead atoms. The van der Waals surface area contributed by atoms with Crippen molar-refractivity contribution >= 4 is 5.84 Å². The molecule has 0 amide bonds. The normalized spacial score (nSPS) is 11.5. The predicted molar refractivity (Wildman–Crippen MR) is 56.9 cm³/mol. The van der Waals surface area contributed by atoms with Gasteiger partial charge in [-0.1, -0.05) is 24.9 Å². The van der Waals surface area contributed by atoms with Crippen molar-refractivity contribution in [1.29, 1.82) is 0 Å². The molecule has 0 N–H and O–H groups in total. The van der Waals surface area contributed by atoms with Gasteiger partial charge in [0.05, 0.1) is 0 Å². The van der Waals surface area contributed by atoms with E-state index in [9.17, 15) is 0 Å². The fraction of sp³-hybridized carbons (Fsp3) is 0.900. The van der Waals surface area contributed by atoms with Crippen molar-refractivity contribution in [2.75, 3.05) is 20.7 Å². The molecule has 0 unspecified atom stereocenters. The Labute approximate surface area is 81.7 Å². The van der Waals surface area contributed by atoms with E-state index >= 15 is 0 Å². The highest BCUT2D eigenvalue weighted by atomic mass is 16.6. The zero-order valence-electron chi connectivity index (χ0n) is 9.34. The van der Waals surface area contributed by atoms with E-state index in [2.05, 4.69) is 12.1 Å². The van der Waals surface area contributed by atoms with Gasteiger partial charge in [-0.3, -0.25) is 0 Å². The van der Waals surface area contributed by atoms with Crippen molar-refractivity contribution < 1.29 is 4.84 Å². The molecule has 0 aromatic heterocycles. The van der Waals surface area contributed by atoms with Crippen LogP contribution in [0, 0.1) is 0 Å². The molecule has 0 atom stereocenters. The largest absolute Gasteiger partial charge is 0.394 e. The number of hydrogen-bond donors (Lipinski definition) is 0. The topological polar surface area (TPSA) is 24.8 Å². The lowest BCUT2D eigenvalue weighted by molar-refractivity contribution is 0.136. The molecule has 3 heteroatoms. The number of hydrogen-bond acceptors (Lipinski definition) is 2. The first-order chi connectivity index (χ1) is 6.18. The number of amidine groups is 1. The van der Waals surface area contributed by atoms with Gasteiger partial charge in [0.15, 0.2) is 0 Å². The summed E-state index contributed by atoms with van der Waals surface area (Å²) in [6, 6.07) is 0. The van der Waals surface area contributed by atoms with Crippen LogP contribution in [0.25, 0.3) is 0 Å². The zero-order chi connectivity index (χ0) is 10.1. The van der Waals surface area contributed by atoms with E-state index in [4.69, 9.17) is 4.84 Å². The van der Waals surface area contributed by atoms with Crippen LogP contribution >= 0.6 is 0 Å². The number of unbranched alkanes of at least 4 members (excludes halogenated alkanes) is 3. The molecule has 0 radical (unpaired) electrons. The first-order valence-corrected chi connectivity index (χ1v) is 5.02. The lowest BCUT2D eigenvalue weighted by atomic mass is 10.2. The van der Waals surface area contributed by atoms with Gasteiger partial charge in [0.25, 0.3) is 0 Å². The first-order valence-electron chi connectivity index (χ1n) is 5.02. The maximum absolute atomic E-state index is 5.15. The molecule has 13 heavy (non-hydrogen) atoms. The van der Waals surface area contributed by atoms with Crippen molar-refractivity contribution in [3.05, 3.63) is 0 Å². The smallest absolute Gasteiger partial charge is 0.140 e. The van der Waals surface area contributed by atoms with Crippen LogP contribution in [0.2, 0.25) is 0 Å². The van der Waals surface area contributed by atoms with Crippen molar-refractivity contribution in [1.82, 2.24) is 4.90 Å². The van der Waals surface area contributed by atoms with Crippen molar-refractivity contribution in [2.24, 2.45) is 5.16 Å². The van der Waals surface area contributed by atoms with Crippen molar-refractivity contribution in [2.45, 2.75) is 39.5 Å². The molecular formula is C10H22N2O. The molecule has 0 saturated carbocycles. The summed E-state index contributed by atoms with van der Waals surface area (Å²) in [5.74, 6) is 0.912. The molecule has 0 aromatic rings. The Morgan fingerprint density at radius 3 is 2.46 bits per heavy atom. The maximum atomic E-state index is 5.15. The average Bonchev–Trinajstić information content (AvgIpc) is 2.10. The van der Waals surface area contributed by atoms with E-state index in [0.717, 1.165) is 18.9 Å². The summed E-state index contributed by atoms with van der Waals surface area (Å²) in [7, 11) is 3.92. The van der Waals surface area contributed by atoms with Gasteiger partial charge in [0.1, 0.15) is 12.4 Å². The van der Waals surface area contributed by atoms with E-state index < -0.39 is 0 Å². The van der Waals surface area contributed by atoms with Crippen LogP contribution in [0.5, 0.6) is 0 Å². The van der Waals surface area contributed by atoms with Crippen LogP contribution in [-0.2, 0) is 4.84 Å². The van der Waals surface area contributed by atoms with Crippen LogP contribution in [-0.4, -0.2) is 31.4 Å². The summed E-state index contributed by atoms with van der Waals surface area (Å²) < 4.78 is 0. The zero-order valence-corrected chi connectivity index (χ0v) is 9.34. The third-order valence-corrected chi connectivity index (χ3v) is 1.93. The molecule has 0 spiro atoms. The maximum Gasteiger partial charge on any atom is 0.140 e. The molecule has 0 fully saturated rings. The van der Waals surface area contributed by atoms with Crippen molar-refractivity contribution in [3.63, 3.8) is 0 Å². The van der Waals surface area contributed by atoms with Crippen LogP contribution < -0.4 is 0 Å². The molecule has 0 heterocycles. The van der Waals surface area contributed by atoms with Crippen LogP contribution in [0.1, 0.15) is 39.5 Å². The molecule has 78 valence electrons. The number of nitrogens with zero attached hydrogens (tertiary/aromatic N) is 2. The highest BCUT2D eigenvalue weighted by Crippen LogP contribution is 1.99. The highest BCUT2D eigenvalue weighted by Gasteiger charge is 1.92. The fourth-order valence-electron chi connectivity index (χ4n) is 0.814. The molecule has 3 nitrogen and oxygen atoms in total. The van der Waals surface area contributed by atoms with Gasteiger partial charge in [-0.25, -0.2) is 0 Å². The van der Waals surface area contributed by atoms with E-state index in [0.29, 0.717) is 0 Å². The second-order valence-electron chi connectivity index (χ2n) is 3.43. The molecule has 0 aliphatic carbocycles. The van der Waals surface area contributed by atoms with E-state index in [1.807, 2.05) is 25.9 Å². The minimum atomic E-state index is 0.741. The van der Waals surface area contributed by atoms with Gasteiger partial charge in [0.2, 0.25) is 0 Å². The summed E-state index contributed by atoms with van der Waals surface area (Å²) in [6.45, 7) is 4.88. The monoisotopic (exact) mass is 186 g/mol. The SMILES string of the molecule is CCCCCCO/N=C(/C)N(C)C. The van der Waals surface area contributed by atoms with E-state index in [1.165, 1.54) is 19.3 Å². The third kappa shape index (κ3) is 7.62. The Morgan fingerprint density at radius 2 is 1.92 bits per heavy atom. The van der Waals surface area contributed by atoms with Gasteiger partial charge >= 0.3 is 0 Å². The minimum Gasteiger partial charge on any atom is -0.394 e.